The zero-order valence-corrected chi connectivity index (χ0v) is 10.4. The molecular formula is CoMgO4PTiV+5. The Hall–Kier alpha value is 2.68. The van der Waals surface area contributed by atoms with Crippen molar-refractivity contribution in [3.8, 4) is 0 Å². The van der Waals surface area contributed by atoms with Crippen LogP contribution in [-0.4, -0.2) is 23.1 Å². The fraction of sp³-hybridized carbons (Fsp3) is 0. The van der Waals surface area contributed by atoms with Crippen LogP contribution >= 0.6 is 7.82 Å². The molecule has 0 saturated heterocycles. The van der Waals surface area contributed by atoms with E-state index < -0.39 is 7.82 Å². The molecule has 0 heterocycles. The van der Waals surface area contributed by atoms with Crippen LogP contribution < -0.4 is 14.7 Å². The van der Waals surface area contributed by atoms with E-state index in [4.69, 9.17) is 19.2 Å². The van der Waals surface area contributed by atoms with Gasteiger partial charge in [0.1, 0.15) is 0 Å². The van der Waals surface area contributed by atoms with Gasteiger partial charge in [0.05, 0.1) is 0 Å². The minimum Gasteiger partial charge on any atom is -0.822 e. The van der Waals surface area contributed by atoms with Crippen LogP contribution in [0.2, 0.25) is 0 Å². The molecule has 0 N–H and O–H groups in total. The van der Waals surface area contributed by atoms with E-state index in [0.29, 0.717) is 0 Å². The van der Waals surface area contributed by atoms with Gasteiger partial charge in [0, 0.05) is 18.6 Å². The Kier molecular flexibility index (Phi) is 44.1. The molecule has 0 atom stereocenters. The number of rotatable bonds is 0. The molecule has 0 unspecified atom stereocenters. The smallest absolute Gasteiger partial charge is 0.822 e. The summed E-state index contributed by atoms with van der Waals surface area (Å²) in [6.45, 7) is 0. The Labute approximate surface area is 106 Å². The zero-order chi connectivity index (χ0) is 4.50. The van der Waals surface area contributed by atoms with E-state index in [1.807, 2.05) is 0 Å². The maximum absolute atomic E-state index is 8.55. The quantitative estimate of drug-likeness (QED) is 0.344. The molecule has 9 heavy (non-hydrogen) atoms. The number of hydrogen-bond donors (Lipinski definition) is 0. The molecule has 0 saturated carbocycles. The third-order valence-corrected chi connectivity index (χ3v) is 0. The van der Waals surface area contributed by atoms with Crippen LogP contribution in [0.15, 0.2) is 0 Å². The average molecular weight is 277 g/mol. The van der Waals surface area contributed by atoms with Crippen molar-refractivity contribution >= 4 is 30.9 Å². The number of hydrogen-bond acceptors (Lipinski definition) is 4. The Balaban J connectivity index is -0.0000000133. The summed E-state index contributed by atoms with van der Waals surface area (Å²) in [7, 11) is -5.39. The molecular weight excluding hydrogens is 277 g/mol. The molecule has 4 nitrogen and oxygen atoms in total. The van der Waals surface area contributed by atoms with Crippen molar-refractivity contribution in [1.82, 2.24) is 0 Å². The summed E-state index contributed by atoms with van der Waals surface area (Å²) in [4.78, 5) is 25.6. The van der Waals surface area contributed by atoms with Gasteiger partial charge in [0.2, 0.25) is 0 Å². The molecule has 0 amide bonds. The molecule has 9 heteroatoms. The monoisotopic (exact) mass is 277 g/mol. The Morgan fingerprint density at radius 2 is 1.11 bits per heavy atom. The predicted octanol–water partition coefficient (Wildman–Crippen LogP) is -3.21. The van der Waals surface area contributed by atoms with Gasteiger partial charge in [-0.1, -0.05) is 0 Å². The zero-order valence-electron chi connectivity index (χ0n) is 4.07. The van der Waals surface area contributed by atoms with Gasteiger partial charge in [-0.2, -0.15) is 7.82 Å². The first-order valence-electron chi connectivity index (χ1n) is 0.730. The molecule has 0 aromatic rings. The van der Waals surface area contributed by atoms with Gasteiger partial charge >= 0.3 is 61.5 Å². The molecule has 0 fully saturated rings. The third-order valence-electron chi connectivity index (χ3n) is 0. The van der Waals surface area contributed by atoms with Crippen LogP contribution in [0.4, 0.5) is 0 Å². The van der Waals surface area contributed by atoms with Crippen LogP contribution in [0.1, 0.15) is 0 Å². The summed E-state index contributed by atoms with van der Waals surface area (Å²) < 4.78 is 8.55. The second-order valence-corrected chi connectivity index (χ2v) is 1.34. The summed E-state index contributed by atoms with van der Waals surface area (Å²) in [5.74, 6) is 0. The molecule has 0 aromatic heterocycles. The number of phosphoric acid groups is 1. The second-order valence-electron chi connectivity index (χ2n) is 0.447. The van der Waals surface area contributed by atoms with Gasteiger partial charge in [0.25, 0.3) is 0 Å². The van der Waals surface area contributed by atoms with E-state index >= 15 is 0 Å². The maximum atomic E-state index is 8.55. The fourth-order valence-corrected chi connectivity index (χ4v) is 0. The summed E-state index contributed by atoms with van der Waals surface area (Å²) >= 11 is 0. The summed E-state index contributed by atoms with van der Waals surface area (Å²) in [5, 5.41) is 0. The molecule has 0 bridgehead atoms. The van der Waals surface area contributed by atoms with Crippen molar-refractivity contribution in [2.24, 2.45) is 0 Å². The van der Waals surface area contributed by atoms with E-state index in [1.165, 1.54) is 0 Å². The van der Waals surface area contributed by atoms with Crippen molar-refractivity contribution in [3.63, 3.8) is 0 Å². The molecule has 0 aliphatic heterocycles. The minimum absolute atomic E-state index is 0. The van der Waals surface area contributed by atoms with E-state index in [0.717, 1.165) is 0 Å². The van der Waals surface area contributed by atoms with Crippen LogP contribution in [0.3, 0.4) is 0 Å². The fourth-order valence-electron chi connectivity index (χ4n) is 0. The first-order valence-corrected chi connectivity index (χ1v) is 2.19. The maximum Gasteiger partial charge on any atom is 4.00 e. The largest absolute Gasteiger partial charge is 4.00 e. The first-order chi connectivity index (χ1) is 2.00. The van der Waals surface area contributed by atoms with Gasteiger partial charge in [0.15, 0.2) is 0 Å². The van der Waals surface area contributed by atoms with Crippen molar-refractivity contribution in [2.45, 2.75) is 0 Å². The van der Waals surface area contributed by atoms with Crippen LogP contribution in [0.5, 0.6) is 0 Å². The molecule has 0 rings (SSSR count). The van der Waals surface area contributed by atoms with Crippen molar-refractivity contribution < 1.29 is 76.3 Å². The van der Waals surface area contributed by atoms with Crippen molar-refractivity contribution in [2.75, 3.05) is 0 Å². The van der Waals surface area contributed by atoms with Crippen molar-refractivity contribution in [1.29, 1.82) is 0 Å². The van der Waals surface area contributed by atoms with Crippen LogP contribution in [-0.2, 0) is 61.6 Å². The summed E-state index contributed by atoms with van der Waals surface area (Å²) in [6, 6.07) is 0. The average Bonchev–Trinajstić information content (AvgIpc) is 0.722. The van der Waals surface area contributed by atoms with E-state index in [1.54, 1.807) is 0 Å². The molecule has 0 aliphatic carbocycles. The van der Waals surface area contributed by atoms with Crippen LogP contribution in [0, 0.1) is 0 Å². The Bertz CT molecular complexity index is 66.7. The third kappa shape index (κ3) is 112. The van der Waals surface area contributed by atoms with Gasteiger partial charge in [-0.3, -0.25) is 0 Å². The van der Waals surface area contributed by atoms with E-state index in [-0.39, 0.29) is 80.1 Å². The Morgan fingerprint density at radius 3 is 1.11 bits per heavy atom. The van der Waals surface area contributed by atoms with E-state index in [2.05, 4.69) is 0 Å². The van der Waals surface area contributed by atoms with Crippen LogP contribution in [0.25, 0.3) is 0 Å². The van der Waals surface area contributed by atoms with Gasteiger partial charge in [-0.25, -0.2) is 0 Å². The molecule has 0 spiro atoms. The molecule has 2 radical (unpaired) electrons. The van der Waals surface area contributed by atoms with Crippen molar-refractivity contribution in [3.05, 3.63) is 0 Å². The SMILES string of the molecule is O=P([O-])([O-])[O-].[Co+2].[Mg+2].[Ti+4].[V]. The second kappa shape index (κ2) is 13.3. The summed E-state index contributed by atoms with van der Waals surface area (Å²) in [5.41, 5.74) is 0. The van der Waals surface area contributed by atoms with Gasteiger partial charge in [-0.05, 0) is 0 Å². The van der Waals surface area contributed by atoms with E-state index in [9.17, 15) is 0 Å². The Morgan fingerprint density at radius 1 is 1.11 bits per heavy atom. The summed E-state index contributed by atoms with van der Waals surface area (Å²) in [6.07, 6.45) is 0. The first kappa shape index (κ1) is 29.9. The molecule has 0 aliphatic rings. The predicted molar refractivity (Wildman–Crippen MR) is 13.4 cm³/mol. The molecule has 44 valence electrons. The normalized spacial score (nSPS) is 6.56. The van der Waals surface area contributed by atoms with Gasteiger partial charge in [-0.15, -0.1) is 0 Å². The van der Waals surface area contributed by atoms with Gasteiger partial charge < -0.3 is 19.2 Å². The topological polar surface area (TPSA) is 86.2 Å². The minimum atomic E-state index is -5.39. The molecule has 0 aromatic carbocycles. The standard InChI is InChI=1S/Co.Mg.H3O4P.Ti.V/c;;1-5(2,3)4;;/h;;(H3,1,2,3,4);;/q2*+2;;+4;/p-3.